The quantitative estimate of drug-likeness (QED) is 0.483. The van der Waals surface area contributed by atoms with Crippen molar-refractivity contribution in [3.8, 4) is 5.75 Å². The standard InChI is InChI=1S/C28H40N4O4/c1-16(2)13-22-24-19(18-11-10-17(36-6)14-21(18)30-24)15-23-25(33)31-20(26(34)32(22)23)9-7-8-12-29-27(35)28(3,4)5/h10-11,14,16,20,22-23,30H,7-9,12-13,15H2,1-6H3,(H,29,35)(H,31,33)/t20-,22-,23-/m0/s1. The van der Waals surface area contributed by atoms with Crippen molar-refractivity contribution >= 4 is 28.6 Å². The Balaban J connectivity index is 1.52. The van der Waals surface area contributed by atoms with Gasteiger partial charge in [0.15, 0.2) is 0 Å². The third-order valence-corrected chi connectivity index (χ3v) is 7.30. The summed E-state index contributed by atoms with van der Waals surface area (Å²) in [5.74, 6) is 1.05. The first-order chi connectivity index (χ1) is 17.0. The molecular weight excluding hydrogens is 456 g/mol. The molecule has 8 nitrogen and oxygen atoms in total. The zero-order chi connectivity index (χ0) is 26.2. The minimum atomic E-state index is -0.534. The second-order valence-electron chi connectivity index (χ2n) is 11.6. The van der Waals surface area contributed by atoms with Crippen LogP contribution in [0.2, 0.25) is 0 Å². The largest absolute Gasteiger partial charge is 0.497 e. The van der Waals surface area contributed by atoms with E-state index < -0.39 is 17.5 Å². The molecule has 2 aliphatic rings. The number of benzene rings is 1. The third kappa shape index (κ3) is 5.08. The number of nitrogens with zero attached hydrogens (tertiary/aromatic N) is 1. The van der Waals surface area contributed by atoms with Gasteiger partial charge in [0.05, 0.1) is 13.2 Å². The predicted octanol–water partition coefficient (Wildman–Crippen LogP) is 3.85. The van der Waals surface area contributed by atoms with E-state index in [2.05, 4.69) is 29.5 Å². The fourth-order valence-electron chi connectivity index (χ4n) is 5.38. The summed E-state index contributed by atoms with van der Waals surface area (Å²) in [6.45, 7) is 10.5. The Morgan fingerprint density at radius 3 is 2.64 bits per heavy atom. The number of rotatable bonds is 8. The molecule has 2 aromatic rings. The molecule has 4 rings (SSSR count). The van der Waals surface area contributed by atoms with Crippen molar-refractivity contribution in [2.45, 2.75) is 84.8 Å². The lowest BCUT2D eigenvalue weighted by atomic mass is 9.85. The number of aromatic amines is 1. The minimum absolute atomic E-state index is 0.00846. The van der Waals surface area contributed by atoms with E-state index in [-0.39, 0.29) is 23.8 Å². The number of carbonyl (C=O) groups excluding carboxylic acids is 3. The number of methoxy groups -OCH3 is 1. The highest BCUT2D eigenvalue weighted by Gasteiger charge is 2.48. The van der Waals surface area contributed by atoms with E-state index in [4.69, 9.17) is 4.74 Å². The van der Waals surface area contributed by atoms with E-state index in [9.17, 15) is 14.4 Å². The average molecular weight is 497 g/mol. The number of fused-ring (bicyclic) bond motifs is 4. The van der Waals surface area contributed by atoms with Gasteiger partial charge in [-0.15, -0.1) is 0 Å². The van der Waals surface area contributed by atoms with Crippen LogP contribution in [0.15, 0.2) is 18.2 Å². The van der Waals surface area contributed by atoms with Gasteiger partial charge in [-0.1, -0.05) is 34.6 Å². The lowest BCUT2D eigenvalue weighted by Crippen LogP contribution is -2.65. The van der Waals surface area contributed by atoms with Crippen LogP contribution in [0.3, 0.4) is 0 Å². The van der Waals surface area contributed by atoms with Crippen LogP contribution in [0.25, 0.3) is 10.9 Å². The Labute approximate surface area is 213 Å². The zero-order valence-electron chi connectivity index (χ0n) is 22.4. The number of H-pyrrole nitrogens is 1. The van der Waals surface area contributed by atoms with Crippen LogP contribution in [-0.2, 0) is 20.8 Å². The van der Waals surface area contributed by atoms with Crippen molar-refractivity contribution in [1.82, 2.24) is 20.5 Å². The highest BCUT2D eigenvalue weighted by molar-refractivity contribution is 5.99. The van der Waals surface area contributed by atoms with Crippen LogP contribution in [0.1, 0.15) is 77.6 Å². The van der Waals surface area contributed by atoms with Gasteiger partial charge in [-0.3, -0.25) is 14.4 Å². The fourth-order valence-corrected chi connectivity index (χ4v) is 5.38. The van der Waals surface area contributed by atoms with Crippen molar-refractivity contribution in [3.63, 3.8) is 0 Å². The first-order valence-corrected chi connectivity index (χ1v) is 13.1. The number of nitrogens with one attached hydrogen (secondary N) is 3. The molecule has 0 bridgehead atoms. The number of piperazine rings is 1. The lowest BCUT2D eigenvalue weighted by molar-refractivity contribution is -0.154. The summed E-state index contributed by atoms with van der Waals surface area (Å²) in [7, 11) is 1.65. The fraction of sp³-hybridized carbons (Fsp3) is 0.607. The average Bonchev–Trinajstić information content (AvgIpc) is 3.18. The Hall–Kier alpha value is -3.03. The SMILES string of the molecule is COc1ccc2c3c([nH]c2c1)[C@H](CC(C)C)N1C(=O)[C@H](CCCCNC(=O)C(C)(C)C)NC(=O)[C@@H]1C3. The van der Waals surface area contributed by atoms with Gasteiger partial charge in [0.25, 0.3) is 0 Å². The van der Waals surface area contributed by atoms with Gasteiger partial charge in [0.1, 0.15) is 17.8 Å². The van der Waals surface area contributed by atoms with Crippen LogP contribution in [0.4, 0.5) is 0 Å². The van der Waals surface area contributed by atoms with Gasteiger partial charge in [-0.25, -0.2) is 0 Å². The van der Waals surface area contributed by atoms with E-state index in [1.54, 1.807) is 7.11 Å². The van der Waals surface area contributed by atoms with Crippen LogP contribution in [0, 0.1) is 11.3 Å². The van der Waals surface area contributed by atoms with Gasteiger partial charge in [0, 0.05) is 41.0 Å². The topological polar surface area (TPSA) is 104 Å². The molecule has 0 saturated carbocycles. The molecule has 0 spiro atoms. The summed E-state index contributed by atoms with van der Waals surface area (Å²) in [5.41, 5.74) is 2.70. The number of hydrogen-bond donors (Lipinski definition) is 3. The number of hydrogen-bond acceptors (Lipinski definition) is 4. The molecule has 36 heavy (non-hydrogen) atoms. The number of aromatic nitrogens is 1. The van der Waals surface area contributed by atoms with Crippen molar-refractivity contribution < 1.29 is 19.1 Å². The summed E-state index contributed by atoms with van der Waals surface area (Å²) < 4.78 is 5.40. The summed E-state index contributed by atoms with van der Waals surface area (Å²) in [5, 5.41) is 7.04. The van der Waals surface area contributed by atoms with Crippen LogP contribution in [-0.4, -0.2) is 53.3 Å². The molecule has 2 aliphatic heterocycles. The summed E-state index contributed by atoms with van der Waals surface area (Å²) in [6.07, 6.45) is 3.34. The van der Waals surface area contributed by atoms with E-state index in [0.717, 1.165) is 47.2 Å². The minimum Gasteiger partial charge on any atom is -0.497 e. The first kappa shape index (κ1) is 26.0. The van der Waals surface area contributed by atoms with E-state index in [1.807, 2.05) is 43.9 Å². The summed E-state index contributed by atoms with van der Waals surface area (Å²) in [6, 6.07) is 4.73. The summed E-state index contributed by atoms with van der Waals surface area (Å²) >= 11 is 0. The predicted molar refractivity (Wildman–Crippen MR) is 140 cm³/mol. The molecule has 3 N–H and O–H groups in total. The second kappa shape index (κ2) is 10.1. The smallest absolute Gasteiger partial charge is 0.246 e. The van der Waals surface area contributed by atoms with Gasteiger partial charge in [-0.2, -0.15) is 0 Å². The molecule has 0 unspecified atom stereocenters. The van der Waals surface area contributed by atoms with Gasteiger partial charge >= 0.3 is 0 Å². The molecule has 8 heteroatoms. The van der Waals surface area contributed by atoms with Crippen LogP contribution in [0.5, 0.6) is 5.75 Å². The van der Waals surface area contributed by atoms with Crippen molar-refractivity contribution in [3.05, 3.63) is 29.5 Å². The third-order valence-electron chi connectivity index (χ3n) is 7.30. The molecule has 0 aliphatic carbocycles. The molecule has 1 aromatic carbocycles. The molecule has 3 atom stereocenters. The van der Waals surface area contributed by atoms with Crippen molar-refractivity contribution in [1.29, 1.82) is 0 Å². The van der Waals surface area contributed by atoms with Gasteiger partial charge in [0.2, 0.25) is 17.7 Å². The Morgan fingerprint density at radius 2 is 1.97 bits per heavy atom. The highest BCUT2D eigenvalue weighted by atomic mass is 16.5. The Bertz CT molecular complexity index is 1150. The molecule has 1 fully saturated rings. The Kier molecular flexibility index (Phi) is 7.34. The van der Waals surface area contributed by atoms with E-state index in [0.29, 0.717) is 25.3 Å². The molecular formula is C28H40N4O4. The van der Waals surface area contributed by atoms with Gasteiger partial charge in [-0.05, 0) is 49.3 Å². The number of carbonyl (C=O) groups is 3. The molecule has 3 amide bonds. The van der Waals surface area contributed by atoms with E-state index in [1.165, 1.54) is 0 Å². The molecule has 3 heterocycles. The maximum atomic E-state index is 13.7. The number of unbranched alkanes of at least 4 members (excludes halogenated alkanes) is 1. The zero-order valence-corrected chi connectivity index (χ0v) is 22.4. The molecule has 196 valence electrons. The lowest BCUT2D eigenvalue weighted by Gasteiger charge is -2.47. The number of amides is 3. The molecule has 0 radical (unpaired) electrons. The normalized spacial score (nSPS) is 21.9. The van der Waals surface area contributed by atoms with Crippen molar-refractivity contribution in [2.75, 3.05) is 13.7 Å². The van der Waals surface area contributed by atoms with Gasteiger partial charge < -0.3 is 25.3 Å². The Morgan fingerprint density at radius 1 is 1.22 bits per heavy atom. The first-order valence-electron chi connectivity index (χ1n) is 13.1. The number of ether oxygens (including phenoxy) is 1. The molecule has 1 saturated heterocycles. The summed E-state index contributed by atoms with van der Waals surface area (Å²) in [4.78, 5) is 44.5. The second-order valence-corrected chi connectivity index (χ2v) is 11.6. The van der Waals surface area contributed by atoms with Crippen molar-refractivity contribution in [2.24, 2.45) is 11.3 Å². The van der Waals surface area contributed by atoms with Crippen LogP contribution >= 0.6 is 0 Å². The highest BCUT2D eigenvalue weighted by Crippen LogP contribution is 2.42. The molecule has 1 aromatic heterocycles. The van der Waals surface area contributed by atoms with E-state index >= 15 is 0 Å². The van der Waals surface area contributed by atoms with Crippen LogP contribution < -0.4 is 15.4 Å². The maximum absolute atomic E-state index is 13.7. The maximum Gasteiger partial charge on any atom is 0.246 e. The monoisotopic (exact) mass is 496 g/mol.